The van der Waals surface area contributed by atoms with E-state index >= 15 is 0 Å². The molecule has 2 aliphatic rings. The van der Waals surface area contributed by atoms with Gasteiger partial charge in [-0.1, -0.05) is 44.7 Å². The summed E-state index contributed by atoms with van der Waals surface area (Å²) in [7, 11) is 1.47. The number of pyridine rings is 1. The number of aliphatic hydroxyl groups excluding tert-OH is 2. The lowest BCUT2D eigenvalue weighted by molar-refractivity contribution is -0.138. The number of phenols is 1. The molecule has 0 fully saturated rings. The van der Waals surface area contributed by atoms with Crippen molar-refractivity contribution in [3.63, 3.8) is 0 Å². The average Bonchev–Trinajstić information content (AvgIpc) is 3.57. The van der Waals surface area contributed by atoms with E-state index in [1.165, 1.54) is 7.11 Å². The molecule has 0 amide bonds. The standard InChI is InChI=1S/C36H43N3O6/c1-3-4-5-6-7-10-28(41)34(44)29(42)12-11-23-18-27(33(43)30(19-23)45-2)32-26-14-17-39-35-31(26)24(13-16-38-35)20-36(32,22-40)21-25-9-8-15-37-25/h8-9,13-20,32,34,37,40,43-44H,3-7,10-12,21-22H2,1-2H3,(H,38,39). The minimum atomic E-state index is -1.64. The molecule has 0 bridgehead atoms. The summed E-state index contributed by atoms with van der Waals surface area (Å²) in [6.07, 6.45) is 13.4. The Morgan fingerprint density at radius 3 is 2.62 bits per heavy atom. The summed E-state index contributed by atoms with van der Waals surface area (Å²) in [5.74, 6) is -0.598. The quantitative estimate of drug-likeness (QED) is 0.104. The van der Waals surface area contributed by atoms with Gasteiger partial charge in [-0.3, -0.25) is 9.59 Å². The summed E-state index contributed by atoms with van der Waals surface area (Å²) in [5, 5.41) is 36.4. The zero-order chi connectivity index (χ0) is 32.0. The van der Waals surface area contributed by atoms with E-state index in [9.17, 15) is 24.9 Å². The first-order valence-electron chi connectivity index (χ1n) is 15.8. The number of rotatable bonds is 16. The fraction of sp³-hybridized carbons (Fsp3) is 0.417. The van der Waals surface area contributed by atoms with Crippen molar-refractivity contribution in [3.8, 4) is 11.5 Å². The van der Waals surface area contributed by atoms with Gasteiger partial charge in [-0.05, 0) is 66.3 Å². The number of H-pyrrole nitrogens is 1. The molecule has 3 unspecified atom stereocenters. The predicted octanol–water partition coefficient (Wildman–Crippen LogP) is 5.61. The number of phenolic OH excluding ortho intramolecular Hbond substituents is 1. The van der Waals surface area contributed by atoms with Crippen LogP contribution >= 0.6 is 0 Å². The van der Waals surface area contributed by atoms with Gasteiger partial charge in [0.15, 0.2) is 29.2 Å². The molecule has 238 valence electrons. The van der Waals surface area contributed by atoms with Crippen molar-refractivity contribution in [1.82, 2.24) is 9.97 Å². The Morgan fingerprint density at radius 1 is 1.09 bits per heavy atom. The number of methoxy groups -OCH3 is 1. The zero-order valence-corrected chi connectivity index (χ0v) is 26.0. The number of carbonyl (C=O) groups is 2. The molecule has 2 aromatic heterocycles. The molecule has 9 nitrogen and oxygen atoms in total. The van der Waals surface area contributed by atoms with Gasteiger partial charge in [0.2, 0.25) is 0 Å². The highest BCUT2D eigenvalue weighted by Crippen LogP contribution is 2.56. The van der Waals surface area contributed by atoms with E-state index in [1.807, 2.05) is 42.7 Å². The number of Topliss-reactive ketones (excluding diaryl/α,β-unsaturated/α-hetero) is 2. The van der Waals surface area contributed by atoms with Gasteiger partial charge in [0.05, 0.1) is 13.7 Å². The molecule has 0 spiro atoms. The zero-order valence-electron chi connectivity index (χ0n) is 26.0. The van der Waals surface area contributed by atoms with Gasteiger partial charge in [0.25, 0.3) is 0 Å². The predicted molar refractivity (Wildman–Crippen MR) is 173 cm³/mol. The van der Waals surface area contributed by atoms with Gasteiger partial charge in [-0.2, -0.15) is 0 Å². The van der Waals surface area contributed by atoms with Crippen LogP contribution in [0.5, 0.6) is 11.5 Å². The van der Waals surface area contributed by atoms with E-state index in [1.54, 1.807) is 12.3 Å². The molecule has 5 rings (SSSR count). The minimum Gasteiger partial charge on any atom is -0.504 e. The average molecular weight is 614 g/mol. The molecule has 3 heterocycles. The Labute approximate surface area is 264 Å². The molecule has 1 aliphatic carbocycles. The van der Waals surface area contributed by atoms with E-state index in [0.29, 0.717) is 29.8 Å². The van der Waals surface area contributed by atoms with E-state index in [-0.39, 0.29) is 37.4 Å². The number of nitrogens with zero attached hydrogens (tertiary/aromatic N) is 1. The molecule has 3 aromatic rings. The second-order valence-corrected chi connectivity index (χ2v) is 12.1. The summed E-state index contributed by atoms with van der Waals surface area (Å²) < 4.78 is 5.60. The molecule has 0 radical (unpaired) electrons. The molecule has 1 aliphatic heterocycles. The molecule has 0 saturated carbocycles. The number of anilines is 1. The number of nitrogens with one attached hydrogen (secondary N) is 2. The van der Waals surface area contributed by atoms with Gasteiger partial charge < -0.3 is 30.4 Å². The van der Waals surface area contributed by atoms with Crippen molar-refractivity contribution >= 4 is 23.0 Å². The maximum atomic E-state index is 12.9. The number of aromatic hydroxyl groups is 1. The fourth-order valence-corrected chi connectivity index (χ4v) is 6.73. The maximum absolute atomic E-state index is 12.9. The molecule has 5 N–H and O–H groups in total. The minimum absolute atomic E-state index is 0.0438. The van der Waals surface area contributed by atoms with Crippen molar-refractivity contribution in [1.29, 1.82) is 0 Å². The second-order valence-electron chi connectivity index (χ2n) is 12.1. The van der Waals surface area contributed by atoms with Gasteiger partial charge in [0, 0.05) is 59.6 Å². The Kier molecular flexibility index (Phi) is 10.2. The first-order valence-corrected chi connectivity index (χ1v) is 15.8. The van der Waals surface area contributed by atoms with E-state index in [0.717, 1.165) is 48.1 Å². The number of ether oxygens (including phenoxy) is 1. The molecule has 0 saturated heterocycles. The summed E-state index contributed by atoms with van der Waals surface area (Å²) in [6.45, 7) is 1.91. The lowest BCUT2D eigenvalue weighted by Gasteiger charge is -2.43. The highest BCUT2D eigenvalue weighted by molar-refractivity contribution is 6.05. The smallest absolute Gasteiger partial charge is 0.170 e. The summed E-state index contributed by atoms with van der Waals surface area (Å²) >= 11 is 0. The SMILES string of the molecule is CCCCCCCC(=O)C(O)C(=O)CCc1cc(OC)c(O)c(C2c3ccnc4c3C(=CC2(CO)Cc2ccc[nH]2)C=CN4)c1. The maximum Gasteiger partial charge on any atom is 0.170 e. The highest BCUT2D eigenvalue weighted by atomic mass is 16.5. The number of aliphatic hydroxyl groups is 2. The molecule has 3 atom stereocenters. The van der Waals surface area contributed by atoms with Crippen LogP contribution in [-0.2, 0) is 22.4 Å². The fourth-order valence-electron chi connectivity index (χ4n) is 6.73. The van der Waals surface area contributed by atoms with E-state index in [4.69, 9.17) is 4.74 Å². The molecule has 1 aromatic carbocycles. The summed E-state index contributed by atoms with van der Waals surface area (Å²) in [6, 6.07) is 9.32. The van der Waals surface area contributed by atoms with Crippen molar-refractivity contribution in [2.45, 2.75) is 76.7 Å². The lowest BCUT2D eigenvalue weighted by Crippen LogP contribution is -2.38. The number of ketones is 2. The molecular formula is C36H43N3O6. The summed E-state index contributed by atoms with van der Waals surface area (Å²) in [4.78, 5) is 33.2. The van der Waals surface area contributed by atoms with Crippen LogP contribution in [0.3, 0.4) is 0 Å². The number of benzene rings is 1. The van der Waals surface area contributed by atoms with E-state index < -0.39 is 29.0 Å². The largest absolute Gasteiger partial charge is 0.504 e. The van der Waals surface area contributed by atoms with Crippen molar-refractivity contribution in [2.75, 3.05) is 19.0 Å². The van der Waals surface area contributed by atoms with Crippen LogP contribution in [-0.4, -0.2) is 56.7 Å². The Morgan fingerprint density at radius 2 is 1.89 bits per heavy atom. The van der Waals surface area contributed by atoms with Crippen LogP contribution in [0.15, 0.2) is 61.1 Å². The Bertz CT molecular complexity index is 1580. The van der Waals surface area contributed by atoms with E-state index in [2.05, 4.69) is 28.3 Å². The van der Waals surface area contributed by atoms with Crippen LogP contribution in [0.4, 0.5) is 5.82 Å². The molecular weight excluding hydrogens is 570 g/mol. The van der Waals surface area contributed by atoms with Crippen molar-refractivity contribution in [3.05, 3.63) is 89.0 Å². The summed E-state index contributed by atoms with van der Waals surface area (Å²) in [5.41, 5.74) is 4.04. The topological polar surface area (TPSA) is 145 Å². The van der Waals surface area contributed by atoms with Crippen molar-refractivity contribution in [2.24, 2.45) is 5.41 Å². The second kappa shape index (κ2) is 14.3. The van der Waals surface area contributed by atoms with Gasteiger partial charge >= 0.3 is 0 Å². The number of aromatic nitrogens is 2. The van der Waals surface area contributed by atoms with Crippen LogP contribution < -0.4 is 10.1 Å². The van der Waals surface area contributed by atoms with Crippen LogP contribution in [0.25, 0.3) is 5.57 Å². The van der Waals surface area contributed by atoms with Crippen molar-refractivity contribution < 1.29 is 29.6 Å². The first-order chi connectivity index (χ1) is 21.8. The number of unbranched alkanes of at least 4 members (excludes halogenated alkanes) is 4. The Hall–Kier alpha value is -4.21. The van der Waals surface area contributed by atoms with Gasteiger partial charge in [-0.25, -0.2) is 4.98 Å². The van der Waals surface area contributed by atoms with Crippen LogP contribution in [0.1, 0.15) is 85.7 Å². The number of aryl methyl sites for hydroxylation is 1. The third-order valence-corrected chi connectivity index (χ3v) is 9.05. The van der Waals surface area contributed by atoms with Gasteiger partial charge in [-0.15, -0.1) is 0 Å². The number of hydrogen-bond donors (Lipinski definition) is 5. The third-order valence-electron chi connectivity index (χ3n) is 9.05. The molecule has 9 heteroatoms. The monoisotopic (exact) mass is 613 g/mol. The number of hydrogen-bond acceptors (Lipinski definition) is 8. The normalized spacial score (nSPS) is 18.9. The lowest BCUT2D eigenvalue weighted by atomic mass is 9.61. The third kappa shape index (κ3) is 6.74. The van der Waals surface area contributed by atoms with Gasteiger partial charge in [0.1, 0.15) is 5.82 Å². The van der Waals surface area contributed by atoms with Crippen LogP contribution in [0, 0.1) is 5.41 Å². The number of aromatic amines is 1. The highest BCUT2D eigenvalue weighted by Gasteiger charge is 2.46. The van der Waals surface area contributed by atoms with Crippen LogP contribution in [0.2, 0.25) is 0 Å². The number of allylic oxidation sites excluding steroid dienone is 2. The number of carbonyl (C=O) groups excluding carboxylic acids is 2. The molecule has 45 heavy (non-hydrogen) atoms. The first kappa shape index (κ1) is 32.2. The Balaban J connectivity index is 1.47.